The van der Waals surface area contributed by atoms with Crippen LogP contribution in [0.1, 0.15) is 0 Å². The predicted octanol–water partition coefficient (Wildman–Crippen LogP) is -4.35. The summed E-state index contributed by atoms with van der Waals surface area (Å²) < 4.78 is 34.1. The molecule has 1 N–H and O–H groups in total. The van der Waals surface area contributed by atoms with Crippen LogP contribution in [0.5, 0.6) is 0 Å². The van der Waals surface area contributed by atoms with Crippen molar-refractivity contribution in [3.05, 3.63) is 0 Å². The summed E-state index contributed by atoms with van der Waals surface area (Å²) in [4.78, 5) is 8.33. The van der Waals surface area contributed by atoms with Gasteiger partial charge in [0.05, 0.1) is 0 Å². The van der Waals surface area contributed by atoms with Crippen molar-refractivity contribution in [1.29, 1.82) is 0 Å². The minimum Gasteiger partial charge on any atom is -0.870 e. The van der Waals surface area contributed by atoms with Crippen LogP contribution in [-0.2, 0) is 64.0 Å². The third kappa shape index (κ3) is 909. The minimum atomic E-state index is -5.17. The van der Waals surface area contributed by atoms with Gasteiger partial charge in [-0.25, -0.2) is 0 Å². The van der Waals surface area contributed by atoms with Crippen LogP contribution in [0.2, 0.25) is 0 Å². The van der Waals surface area contributed by atoms with Gasteiger partial charge in [-0.2, -0.15) is 0 Å². The molecule has 0 unspecified atom stereocenters. The molecule has 0 bridgehead atoms. The van der Waals surface area contributed by atoms with Gasteiger partial charge in [0.2, 0.25) is 0 Å². The molecule has 13 heteroatoms. The quantitative estimate of drug-likeness (QED) is 0.232. The fraction of sp³-hybridized carbons (Fsp3) is 0. The van der Waals surface area contributed by atoms with E-state index in [2.05, 4.69) is 0 Å². The molecule has 0 fully saturated rings. The van der Waals surface area contributed by atoms with Crippen molar-refractivity contribution >= 4 is 39.6 Å². The third-order valence-corrected chi connectivity index (χ3v) is 0. The molecule has 0 aromatic heterocycles. The van der Waals surface area contributed by atoms with Gasteiger partial charge in [0, 0.05) is 10.4 Å². The zero-order chi connectivity index (χ0) is 8.08. The summed E-state index contributed by atoms with van der Waals surface area (Å²) in [5, 5.41) is 16.7. The average molecular weight is 374 g/mol. The Hall–Kier alpha value is 1.53. The number of carbonyl (C=O) groups is 1. The molecule has 14 heavy (non-hydrogen) atoms. The minimum absolute atomic E-state index is 0. The summed E-state index contributed by atoms with van der Waals surface area (Å²) >= 11 is 0. The van der Waals surface area contributed by atoms with Crippen LogP contribution in [-0.4, -0.2) is 52.2 Å². The second-order valence-corrected chi connectivity index (χ2v) is 1.47. The van der Waals surface area contributed by atoms with Gasteiger partial charge < -0.3 is 29.6 Å². The normalized spacial score (nSPS) is 5.86. The van der Waals surface area contributed by atoms with E-state index in [0.29, 0.717) is 0 Å². The molecule has 0 heterocycles. The molecule has 1 radical (unpaired) electrons. The van der Waals surface area contributed by atoms with Gasteiger partial charge in [0.1, 0.15) is 0 Å². The topological polar surface area (TPSA) is 173 Å². The average Bonchev–Trinajstić information content (AvgIpc) is 1.19. The molecule has 0 aliphatic heterocycles. The van der Waals surface area contributed by atoms with Crippen LogP contribution in [0.4, 0.5) is 4.79 Å². The van der Waals surface area contributed by atoms with Gasteiger partial charge in [-0.05, 0) is 6.16 Å². The van der Waals surface area contributed by atoms with E-state index in [1.54, 1.807) is 0 Å². The molecular formula is CHFeMgMnO8SZn+3. The van der Waals surface area contributed by atoms with Crippen LogP contribution in [0.25, 0.3) is 0 Å². The summed E-state index contributed by atoms with van der Waals surface area (Å²) in [5.41, 5.74) is 0. The fourth-order valence-electron chi connectivity index (χ4n) is 0. The van der Waals surface area contributed by atoms with Crippen molar-refractivity contribution in [1.82, 2.24) is 0 Å². The predicted molar refractivity (Wildman–Crippen MR) is 23.6 cm³/mol. The SMILES string of the molecule is O=C([O-])[O-].O=S(=O)([O-])[O-].[Fe+2].[Mg+2].[Mn+2].[OH-].[Zn+2]. The van der Waals surface area contributed by atoms with Crippen molar-refractivity contribution in [2.75, 3.05) is 0 Å². The van der Waals surface area contributed by atoms with Gasteiger partial charge in [0.25, 0.3) is 0 Å². The Kier molecular flexibility index (Phi) is 77.2. The standard InChI is InChI=1S/CH2O3.Fe.Mg.Mn.H2O4S.H2O.Zn/c2-1(3)4;;;;1-5(2,3)4;;/h(H2,2,3,4);;;;(H2,1,2,3,4);1H2;/q;3*+2;;;+2/p-5. The van der Waals surface area contributed by atoms with E-state index in [9.17, 15) is 0 Å². The molecule has 8 nitrogen and oxygen atoms in total. The molecule has 0 atom stereocenters. The van der Waals surface area contributed by atoms with Crippen LogP contribution in [0.3, 0.4) is 0 Å². The maximum atomic E-state index is 8.52. The largest absolute Gasteiger partial charge is 2.00 e. The first-order valence-corrected chi connectivity index (χ1v) is 2.61. The van der Waals surface area contributed by atoms with Gasteiger partial charge in [-0.15, -0.1) is 0 Å². The molecule has 0 aromatic rings. The summed E-state index contributed by atoms with van der Waals surface area (Å²) in [6.07, 6.45) is -2.33. The summed E-state index contributed by atoms with van der Waals surface area (Å²) in [6.45, 7) is 0. The molecule has 0 rings (SSSR count). The maximum absolute atomic E-state index is 8.52. The Balaban J connectivity index is -0.0000000104. The molecule has 0 saturated carbocycles. The van der Waals surface area contributed by atoms with Crippen LogP contribution in [0.15, 0.2) is 0 Å². The van der Waals surface area contributed by atoms with Gasteiger partial charge >= 0.3 is 76.7 Å². The summed E-state index contributed by atoms with van der Waals surface area (Å²) in [7, 11) is -5.17. The Morgan fingerprint density at radius 2 is 1.07 bits per heavy atom. The van der Waals surface area contributed by atoms with Crippen LogP contribution < -0.4 is 10.2 Å². The number of carboxylic acid groups (broad SMARTS) is 2. The van der Waals surface area contributed by atoms with E-state index in [0.717, 1.165) is 0 Å². The van der Waals surface area contributed by atoms with Gasteiger partial charge in [-0.1, -0.05) is 0 Å². The zero-order valence-electron chi connectivity index (χ0n) is 6.36. The van der Waals surface area contributed by atoms with E-state index in [-0.39, 0.29) is 82.1 Å². The maximum Gasteiger partial charge on any atom is 2.00 e. The number of hydrogen-bond donors (Lipinski definition) is 0. The van der Waals surface area contributed by atoms with Crippen molar-refractivity contribution in [2.45, 2.75) is 0 Å². The second kappa shape index (κ2) is 24.0. The Bertz CT molecular complexity index is 172. The second-order valence-electron chi connectivity index (χ2n) is 0.658. The smallest absolute Gasteiger partial charge is 0.870 e. The van der Waals surface area contributed by atoms with Gasteiger partial charge in [-0.3, -0.25) is 8.42 Å². The van der Waals surface area contributed by atoms with Crippen molar-refractivity contribution in [3.8, 4) is 0 Å². The number of carbonyl (C=O) groups excluding carboxylic acids is 1. The first kappa shape index (κ1) is 45.1. The Labute approximate surface area is 130 Å². The van der Waals surface area contributed by atoms with Crippen LogP contribution >= 0.6 is 0 Å². The van der Waals surface area contributed by atoms with Crippen molar-refractivity contribution in [3.63, 3.8) is 0 Å². The first-order chi connectivity index (χ1) is 3.73. The zero-order valence-corrected chi connectivity index (χ0v) is 13.8. The molecule has 0 aliphatic rings. The molecular weight excluding hydrogens is 373 g/mol. The Morgan fingerprint density at radius 1 is 1.07 bits per heavy atom. The third-order valence-electron chi connectivity index (χ3n) is 0. The van der Waals surface area contributed by atoms with E-state index < -0.39 is 16.6 Å². The Morgan fingerprint density at radius 3 is 1.07 bits per heavy atom. The summed E-state index contributed by atoms with van der Waals surface area (Å²) in [5.74, 6) is 0. The number of rotatable bonds is 0. The molecule has 0 aliphatic carbocycles. The molecule has 0 spiro atoms. The van der Waals surface area contributed by atoms with E-state index in [4.69, 9.17) is 32.5 Å². The van der Waals surface area contributed by atoms with E-state index in [1.807, 2.05) is 0 Å². The van der Waals surface area contributed by atoms with Gasteiger partial charge in [0.15, 0.2) is 0 Å². The fourth-order valence-corrected chi connectivity index (χ4v) is 0. The summed E-state index contributed by atoms with van der Waals surface area (Å²) in [6, 6.07) is 0. The van der Waals surface area contributed by atoms with Crippen LogP contribution in [0, 0.1) is 0 Å². The first-order valence-electron chi connectivity index (χ1n) is 1.28. The van der Waals surface area contributed by atoms with E-state index in [1.165, 1.54) is 0 Å². The molecule has 0 saturated heterocycles. The van der Waals surface area contributed by atoms with Crippen molar-refractivity contribution in [2.24, 2.45) is 0 Å². The van der Waals surface area contributed by atoms with Crippen molar-refractivity contribution < 1.29 is 91.6 Å². The molecule has 75 valence electrons. The van der Waals surface area contributed by atoms with E-state index >= 15 is 0 Å². The molecule has 0 amide bonds. The number of hydrogen-bond acceptors (Lipinski definition) is 8. The monoisotopic (exact) mass is 372 g/mol. The molecule has 0 aromatic carbocycles.